The summed E-state index contributed by atoms with van der Waals surface area (Å²) in [5.41, 5.74) is 3.78. The molecule has 0 fully saturated rings. The van der Waals surface area contributed by atoms with E-state index in [-0.39, 0.29) is 35.5 Å². The maximum atomic E-state index is 14.7. The molecule has 0 aromatic heterocycles. The van der Waals surface area contributed by atoms with Crippen LogP contribution in [0.4, 0.5) is 5.69 Å². The first-order chi connectivity index (χ1) is 23.0. The second kappa shape index (κ2) is 16.3. The van der Waals surface area contributed by atoms with Gasteiger partial charge in [0.2, 0.25) is 11.8 Å². The van der Waals surface area contributed by atoms with Crippen LogP contribution in [0.15, 0.2) is 102 Å². The van der Waals surface area contributed by atoms with Gasteiger partial charge in [0.15, 0.2) is 11.5 Å². The van der Waals surface area contributed by atoms with Gasteiger partial charge >= 0.3 is 0 Å². The van der Waals surface area contributed by atoms with Gasteiger partial charge in [-0.2, -0.15) is 0 Å². The van der Waals surface area contributed by atoms with Crippen molar-refractivity contribution in [1.82, 2.24) is 10.2 Å². The predicted octanol–water partition coefficient (Wildman–Crippen LogP) is 6.07. The zero-order valence-corrected chi connectivity index (χ0v) is 29.3. The lowest BCUT2D eigenvalue weighted by Crippen LogP contribution is -2.54. The van der Waals surface area contributed by atoms with E-state index in [4.69, 9.17) is 9.47 Å². The maximum absolute atomic E-state index is 14.7. The molecular formula is C38H45N3O6S. The fourth-order valence-corrected chi connectivity index (χ4v) is 6.75. The number of hydrogen-bond acceptors (Lipinski definition) is 6. The normalized spacial score (nSPS) is 12.5. The van der Waals surface area contributed by atoms with Crippen LogP contribution in [-0.4, -0.2) is 58.0 Å². The minimum Gasteiger partial charge on any atom is -0.493 e. The number of carbonyl (C=O) groups is 2. The van der Waals surface area contributed by atoms with Crippen molar-refractivity contribution in [3.63, 3.8) is 0 Å². The average molecular weight is 672 g/mol. The number of sulfonamides is 1. The van der Waals surface area contributed by atoms with Crippen LogP contribution in [0.1, 0.15) is 42.5 Å². The van der Waals surface area contributed by atoms with E-state index in [0.29, 0.717) is 17.9 Å². The first-order valence-electron chi connectivity index (χ1n) is 16.0. The van der Waals surface area contributed by atoms with Crippen molar-refractivity contribution in [2.75, 3.05) is 25.1 Å². The molecule has 0 saturated carbocycles. The highest BCUT2D eigenvalue weighted by Gasteiger charge is 2.35. The third-order valence-corrected chi connectivity index (χ3v) is 10.0. The van der Waals surface area contributed by atoms with Crippen molar-refractivity contribution >= 4 is 27.5 Å². The van der Waals surface area contributed by atoms with Gasteiger partial charge in [0.25, 0.3) is 10.0 Å². The maximum Gasteiger partial charge on any atom is 0.264 e. The molecule has 10 heteroatoms. The van der Waals surface area contributed by atoms with Crippen molar-refractivity contribution in [2.45, 2.75) is 64.1 Å². The fraction of sp³-hybridized carbons (Fsp3) is 0.316. The molecule has 0 aliphatic heterocycles. The largest absolute Gasteiger partial charge is 0.493 e. The average Bonchev–Trinajstić information content (AvgIpc) is 3.08. The molecule has 4 aromatic rings. The highest BCUT2D eigenvalue weighted by atomic mass is 32.2. The van der Waals surface area contributed by atoms with Crippen molar-refractivity contribution in [3.8, 4) is 11.5 Å². The summed E-state index contributed by atoms with van der Waals surface area (Å²) >= 11 is 0. The number of anilines is 1. The summed E-state index contributed by atoms with van der Waals surface area (Å²) in [6, 6.07) is 27.3. The summed E-state index contributed by atoms with van der Waals surface area (Å²) in [7, 11) is -1.32. The molecule has 0 aliphatic carbocycles. The molecule has 0 bridgehead atoms. The summed E-state index contributed by atoms with van der Waals surface area (Å²) in [6.07, 6.45) is 0.944. The van der Waals surface area contributed by atoms with Gasteiger partial charge in [-0.05, 0) is 62.6 Å². The van der Waals surface area contributed by atoms with Gasteiger partial charge in [-0.3, -0.25) is 13.9 Å². The van der Waals surface area contributed by atoms with Crippen LogP contribution in [0.2, 0.25) is 0 Å². The van der Waals surface area contributed by atoms with E-state index in [1.165, 1.54) is 37.3 Å². The zero-order valence-electron chi connectivity index (χ0n) is 28.5. The number of ether oxygens (including phenoxy) is 2. The number of methoxy groups -OCH3 is 2. The van der Waals surface area contributed by atoms with Gasteiger partial charge in [-0.15, -0.1) is 0 Å². The monoisotopic (exact) mass is 671 g/mol. The second-order valence-electron chi connectivity index (χ2n) is 11.9. The van der Waals surface area contributed by atoms with Crippen molar-refractivity contribution < 1.29 is 27.5 Å². The summed E-state index contributed by atoms with van der Waals surface area (Å²) in [5.74, 6) is -0.139. The minimum atomic E-state index is -4.26. The van der Waals surface area contributed by atoms with Gasteiger partial charge in [-0.1, -0.05) is 84.8 Å². The Morgan fingerprint density at radius 1 is 0.792 bits per heavy atom. The number of nitrogens with zero attached hydrogens (tertiary/aromatic N) is 2. The van der Waals surface area contributed by atoms with E-state index >= 15 is 0 Å². The molecule has 9 nitrogen and oxygen atoms in total. The zero-order chi connectivity index (χ0) is 34.8. The van der Waals surface area contributed by atoms with E-state index in [1.807, 2.05) is 82.3 Å². The quantitative estimate of drug-likeness (QED) is 0.165. The van der Waals surface area contributed by atoms with Crippen molar-refractivity contribution in [1.29, 1.82) is 0 Å². The lowest BCUT2D eigenvalue weighted by Gasteiger charge is -2.34. The van der Waals surface area contributed by atoms with Gasteiger partial charge in [-0.25, -0.2) is 8.42 Å². The van der Waals surface area contributed by atoms with E-state index in [0.717, 1.165) is 26.6 Å². The third kappa shape index (κ3) is 8.95. The molecule has 0 aliphatic rings. The molecule has 254 valence electrons. The second-order valence-corrected chi connectivity index (χ2v) is 13.8. The van der Waals surface area contributed by atoms with Gasteiger partial charge in [0.05, 0.1) is 24.8 Å². The van der Waals surface area contributed by atoms with Crippen molar-refractivity contribution in [3.05, 3.63) is 119 Å². The number of amides is 2. The van der Waals surface area contributed by atoms with Gasteiger partial charge < -0.3 is 19.7 Å². The van der Waals surface area contributed by atoms with Crippen LogP contribution in [0.25, 0.3) is 0 Å². The molecule has 0 saturated heterocycles. The highest BCUT2D eigenvalue weighted by Crippen LogP contribution is 2.34. The molecule has 4 rings (SSSR count). The lowest BCUT2D eigenvalue weighted by atomic mass is 10.0. The number of carbonyl (C=O) groups excluding carboxylic acids is 2. The SMILES string of the molecule is CC[C@@H](C)NC(=O)[C@H](Cc1ccccc1)N(Cc1cccc(C)c1)C(=O)CN(c1ccc(OC)c(OC)c1)S(=O)(=O)c1ccc(C)cc1. The molecule has 2 amide bonds. The number of aryl methyl sites for hydroxylation is 2. The Hall–Kier alpha value is -4.83. The number of nitrogens with one attached hydrogen (secondary N) is 1. The fourth-order valence-electron chi connectivity index (χ4n) is 5.35. The van der Waals surface area contributed by atoms with E-state index in [9.17, 15) is 18.0 Å². The topological polar surface area (TPSA) is 105 Å². The Kier molecular flexibility index (Phi) is 12.2. The Bertz CT molecular complexity index is 1800. The molecule has 48 heavy (non-hydrogen) atoms. The highest BCUT2D eigenvalue weighted by molar-refractivity contribution is 7.92. The Morgan fingerprint density at radius 2 is 1.46 bits per heavy atom. The lowest BCUT2D eigenvalue weighted by molar-refractivity contribution is -0.140. The van der Waals surface area contributed by atoms with Crippen LogP contribution in [0, 0.1) is 13.8 Å². The molecular weight excluding hydrogens is 627 g/mol. The number of benzene rings is 4. The summed E-state index contributed by atoms with van der Waals surface area (Å²) in [4.78, 5) is 30.2. The van der Waals surface area contributed by atoms with Crippen LogP contribution >= 0.6 is 0 Å². The number of rotatable bonds is 15. The molecule has 4 aromatic carbocycles. The molecule has 0 unspecified atom stereocenters. The minimum absolute atomic E-state index is 0.0243. The van der Waals surface area contributed by atoms with Crippen LogP contribution < -0.4 is 19.1 Å². The third-order valence-electron chi connectivity index (χ3n) is 8.25. The first-order valence-corrected chi connectivity index (χ1v) is 17.4. The molecule has 1 N–H and O–H groups in total. The molecule has 0 radical (unpaired) electrons. The van der Waals surface area contributed by atoms with Crippen LogP contribution in [-0.2, 0) is 32.6 Å². The molecule has 2 atom stereocenters. The predicted molar refractivity (Wildman–Crippen MR) is 189 cm³/mol. The van der Waals surface area contributed by atoms with Crippen LogP contribution in [0.3, 0.4) is 0 Å². The summed E-state index contributed by atoms with van der Waals surface area (Å²) in [6.45, 7) is 7.24. The van der Waals surface area contributed by atoms with Crippen LogP contribution in [0.5, 0.6) is 11.5 Å². The van der Waals surface area contributed by atoms with Crippen molar-refractivity contribution in [2.24, 2.45) is 0 Å². The molecule has 0 spiro atoms. The standard InChI is InChI=1S/C38H45N3O6S/c1-7-29(4)39-38(43)34(23-30-13-9-8-10-14-30)40(25-31-15-11-12-28(3)22-31)37(42)26-41(32-18-21-35(46-5)36(24-32)47-6)48(44,45)33-19-16-27(2)17-20-33/h8-22,24,29,34H,7,23,25-26H2,1-6H3,(H,39,43)/t29-,34+/m1/s1. The van der Waals surface area contributed by atoms with Gasteiger partial charge in [0, 0.05) is 25.1 Å². The van der Waals surface area contributed by atoms with E-state index in [2.05, 4.69) is 5.32 Å². The first kappa shape index (κ1) is 36.0. The molecule has 0 heterocycles. The van der Waals surface area contributed by atoms with E-state index < -0.39 is 28.5 Å². The summed E-state index contributed by atoms with van der Waals surface area (Å²) in [5, 5.41) is 3.06. The Balaban J connectivity index is 1.85. The Morgan fingerprint density at radius 3 is 2.08 bits per heavy atom. The van der Waals surface area contributed by atoms with Gasteiger partial charge in [0.1, 0.15) is 12.6 Å². The van der Waals surface area contributed by atoms with E-state index in [1.54, 1.807) is 24.3 Å². The number of hydrogen-bond donors (Lipinski definition) is 1. The smallest absolute Gasteiger partial charge is 0.264 e. The Labute approximate surface area is 284 Å². The summed E-state index contributed by atoms with van der Waals surface area (Å²) < 4.78 is 40.6.